The lowest BCUT2D eigenvalue weighted by atomic mass is 9.79. The molecule has 2 fully saturated rings. The molecular weight excluding hydrogens is 260 g/mol. The van der Waals surface area contributed by atoms with Gasteiger partial charge in [0.1, 0.15) is 0 Å². The summed E-state index contributed by atoms with van der Waals surface area (Å²) in [5.41, 5.74) is 3.95. The lowest BCUT2D eigenvalue weighted by molar-refractivity contribution is -0.0981. The van der Waals surface area contributed by atoms with Crippen molar-refractivity contribution in [1.29, 1.82) is 0 Å². The molecule has 1 aromatic rings. The molecule has 3 nitrogen and oxygen atoms in total. The van der Waals surface area contributed by atoms with E-state index in [1.807, 2.05) is 6.20 Å². The minimum absolute atomic E-state index is 0.177. The molecule has 1 spiro atoms. The lowest BCUT2D eigenvalue weighted by Crippen LogP contribution is -2.41. The maximum absolute atomic E-state index is 6.19. The van der Waals surface area contributed by atoms with Gasteiger partial charge in [0.25, 0.3) is 0 Å². The van der Waals surface area contributed by atoms with E-state index >= 15 is 0 Å². The molecule has 2 heterocycles. The average Bonchev–Trinajstić information content (AvgIpc) is 2.90. The van der Waals surface area contributed by atoms with E-state index in [1.165, 1.54) is 48.9 Å². The standard InChI is InChI=1S/C18H28N2O/c1-13-10-14(2)16(20-12-13)17(19-3)15-6-9-21-18(11-15)7-4-5-8-18/h10,12,15,17,19H,4-9,11H2,1-3H3. The molecule has 0 radical (unpaired) electrons. The number of rotatable bonds is 3. The molecule has 116 valence electrons. The van der Waals surface area contributed by atoms with Gasteiger partial charge in [-0.15, -0.1) is 0 Å². The molecule has 1 aliphatic heterocycles. The molecule has 2 atom stereocenters. The van der Waals surface area contributed by atoms with Crippen molar-refractivity contribution < 1.29 is 4.74 Å². The van der Waals surface area contributed by atoms with Crippen LogP contribution in [0.2, 0.25) is 0 Å². The summed E-state index contributed by atoms with van der Waals surface area (Å²) < 4.78 is 6.19. The first-order valence-electron chi connectivity index (χ1n) is 8.38. The predicted molar refractivity (Wildman–Crippen MR) is 85.4 cm³/mol. The highest BCUT2D eigenvalue weighted by Crippen LogP contribution is 2.45. The summed E-state index contributed by atoms with van der Waals surface area (Å²) in [6, 6.07) is 2.60. The maximum Gasteiger partial charge on any atom is 0.0686 e. The molecule has 21 heavy (non-hydrogen) atoms. The Bertz CT molecular complexity index is 494. The summed E-state index contributed by atoms with van der Waals surface area (Å²) in [6.07, 6.45) is 9.49. The van der Waals surface area contributed by atoms with Crippen LogP contribution in [0.1, 0.15) is 61.4 Å². The Labute approximate surface area is 128 Å². The number of aromatic nitrogens is 1. The number of nitrogens with zero attached hydrogens (tertiary/aromatic N) is 1. The van der Waals surface area contributed by atoms with Crippen molar-refractivity contribution in [2.24, 2.45) is 5.92 Å². The molecule has 1 aliphatic carbocycles. The fourth-order valence-electron chi connectivity index (χ4n) is 4.37. The summed E-state index contributed by atoms with van der Waals surface area (Å²) >= 11 is 0. The van der Waals surface area contributed by atoms with Crippen LogP contribution in [0.25, 0.3) is 0 Å². The van der Waals surface area contributed by atoms with Crippen LogP contribution in [0.5, 0.6) is 0 Å². The Balaban J connectivity index is 1.82. The van der Waals surface area contributed by atoms with Crippen LogP contribution in [0.4, 0.5) is 0 Å². The first-order chi connectivity index (χ1) is 10.1. The third-order valence-electron chi connectivity index (χ3n) is 5.38. The minimum Gasteiger partial charge on any atom is -0.375 e. The van der Waals surface area contributed by atoms with Gasteiger partial charge in [0.2, 0.25) is 0 Å². The van der Waals surface area contributed by atoms with Gasteiger partial charge in [-0.05, 0) is 63.6 Å². The summed E-state index contributed by atoms with van der Waals surface area (Å²) in [5, 5.41) is 3.54. The van der Waals surface area contributed by atoms with Crippen molar-refractivity contribution in [1.82, 2.24) is 10.3 Å². The van der Waals surface area contributed by atoms with Crippen LogP contribution in [0.15, 0.2) is 12.3 Å². The predicted octanol–water partition coefficient (Wildman–Crippen LogP) is 3.70. The SMILES string of the molecule is CNC(c1ncc(C)cc1C)C1CCOC2(CCCC2)C1. The number of pyridine rings is 1. The van der Waals surface area contributed by atoms with Crippen LogP contribution < -0.4 is 5.32 Å². The average molecular weight is 288 g/mol. The van der Waals surface area contributed by atoms with E-state index in [-0.39, 0.29) is 5.60 Å². The lowest BCUT2D eigenvalue weighted by Gasteiger charge is -2.41. The molecule has 3 rings (SSSR count). The zero-order valence-electron chi connectivity index (χ0n) is 13.6. The number of nitrogens with one attached hydrogen (secondary N) is 1. The Morgan fingerprint density at radius 3 is 2.76 bits per heavy atom. The Kier molecular flexibility index (Phi) is 4.32. The number of aryl methyl sites for hydroxylation is 2. The van der Waals surface area contributed by atoms with E-state index < -0.39 is 0 Å². The van der Waals surface area contributed by atoms with Crippen LogP contribution >= 0.6 is 0 Å². The van der Waals surface area contributed by atoms with Gasteiger partial charge in [-0.2, -0.15) is 0 Å². The van der Waals surface area contributed by atoms with Crippen LogP contribution in [-0.2, 0) is 4.74 Å². The van der Waals surface area contributed by atoms with Crippen molar-refractivity contribution in [3.8, 4) is 0 Å². The summed E-state index contributed by atoms with van der Waals surface area (Å²) in [7, 11) is 2.07. The van der Waals surface area contributed by atoms with E-state index in [2.05, 4.69) is 32.3 Å². The molecule has 3 heteroatoms. The fourth-order valence-corrected chi connectivity index (χ4v) is 4.37. The highest BCUT2D eigenvalue weighted by molar-refractivity contribution is 5.26. The molecule has 0 amide bonds. The van der Waals surface area contributed by atoms with Gasteiger partial charge in [0.05, 0.1) is 17.3 Å². The van der Waals surface area contributed by atoms with Gasteiger partial charge in [0, 0.05) is 12.8 Å². The molecular formula is C18H28N2O. The van der Waals surface area contributed by atoms with Crippen molar-refractivity contribution >= 4 is 0 Å². The van der Waals surface area contributed by atoms with E-state index in [0.29, 0.717) is 12.0 Å². The molecule has 1 N–H and O–H groups in total. The zero-order valence-corrected chi connectivity index (χ0v) is 13.6. The minimum atomic E-state index is 0.177. The molecule has 1 saturated heterocycles. The summed E-state index contributed by atoms with van der Waals surface area (Å²) in [5.74, 6) is 0.635. The first kappa shape index (κ1) is 15.0. The van der Waals surface area contributed by atoms with E-state index in [9.17, 15) is 0 Å². The molecule has 2 aliphatic rings. The second kappa shape index (κ2) is 6.05. The summed E-state index contributed by atoms with van der Waals surface area (Å²) in [4.78, 5) is 4.74. The quantitative estimate of drug-likeness (QED) is 0.921. The monoisotopic (exact) mass is 288 g/mol. The Morgan fingerprint density at radius 1 is 1.33 bits per heavy atom. The third kappa shape index (κ3) is 3.00. The van der Waals surface area contributed by atoms with Crippen molar-refractivity contribution in [2.45, 2.75) is 64.0 Å². The van der Waals surface area contributed by atoms with Crippen LogP contribution in [0.3, 0.4) is 0 Å². The van der Waals surface area contributed by atoms with Gasteiger partial charge < -0.3 is 10.1 Å². The van der Waals surface area contributed by atoms with Crippen molar-refractivity contribution in [3.05, 3.63) is 29.1 Å². The number of hydrogen-bond donors (Lipinski definition) is 1. The second-order valence-corrected chi connectivity index (χ2v) is 6.97. The van der Waals surface area contributed by atoms with Crippen molar-refractivity contribution in [3.63, 3.8) is 0 Å². The highest BCUT2D eigenvalue weighted by atomic mass is 16.5. The third-order valence-corrected chi connectivity index (χ3v) is 5.38. The van der Waals surface area contributed by atoms with E-state index in [1.54, 1.807) is 0 Å². The first-order valence-corrected chi connectivity index (χ1v) is 8.38. The molecule has 0 bridgehead atoms. The Morgan fingerprint density at radius 2 is 2.10 bits per heavy atom. The smallest absolute Gasteiger partial charge is 0.0686 e. The van der Waals surface area contributed by atoms with Gasteiger partial charge in [-0.1, -0.05) is 18.9 Å². The van der Waals surface area contributed by atoms with Crippen LogP contribution in [-0.4, -0.2) is 24.2 Å². The van der Waals surface area contributed by atoms with Gasteiger partial charge in [-0.3, -0.25) is 4.98 Å². The van der Waals surface area contributed by atoms with E-state index in [0.717, 1.165) is 13.0 Å². The largest absolute Gasteiger partial charge is 0.375 e. The Hall–Kier alpha value is -0.930. The maximum atomic E-state index is 6.19. The van der Waals surface area contributed by atoms with Crippen molar-refractivity contribution in [2.75, 3.05) is 13.7 Å². The normalized spacial score (nSPS) is 26.1. The van der Waals surface area contributed by atoms with E-state index in [4.69, 9.17) is 9.72 Å². The van der Waals surface area contributed by atoms with Crippen LogP contribution in [0, 0.1) is 19.8 Å². The topological polar surface area (TPSA) is 34.2 Å². The summed E-state index contributed by atoms with van der Waals surface area (Å²) in [6.45, 7) is 5.21. The highest BCUT2D eigenvalue weighted by Gasteiger charge is 2.42. The second-order valence-electron chi connectivity index (χ2n) is 6.97. The molecule has 1 aromatic heterocycles. The molecule has 2 unspecified atom stereocenters. The fraction of sp³-hybridized carbons (Fsp3) is 0.722. The van der Waals surface area contributed by atoms with Gasteiger partial charge in [-0.25, -0.2) is 0 Å². The molecule has 0 aromatic carbocycles. The zero-order chi connectivity index (χ0) is 14.9. The van der Waals surface area contributed by atoms with Gasteiger partial charge in [0.15, 0.2) is 0 Å². The number of ether oxygens (including phenoxy) is 1. The van der Waals surface area contributed by atoms with Gasteiger partial charge >= 0.3 is 0 Å². The molecule has 1 saturated carbocycles. The number of hydrogen-bond acceptors (Lipinski definition) is 3.